The highest BCUT2D eigenvalue weighted by molar-refractivity contribution is 7.99. The van der Waals surface area contributed by atoms with Crippen molar-refractivity contribution in [2.45, 2.75) is 19.4 Å². The fourth-order valence-electron chi connectivity index (χ4n) is 1.63. The highest BCUT2D eigenvalue weighted by atomic mass is 32.2. The van der Waals surface area contributed by atoms with Crippen LogP contribution in [-0.2, 0) is 6.42 Å². The highest BCUT2D eigenvalue weighted by Crippen LogP contribution is 2.06. The molecule has 0 spiro atoms. The van der Waals surface area contributed by atoms with Gasteiger partial charge in [0.05, 0.1) is 0 Å². The van der Waals surface area contributed by atoms with E-state index in [-0.39, 0.29) is 5.82 Å². The summed E-state index contributed by atoms with van der Waals surface area (Å²) >= 11 is 1.86. The van der Waals surface area contributed by atoms with Gasteiger partial charge in [-0.05, 0) is 31.0 Å². The third-order valence-electron chi connectivity index (χ3n) is 2.41. The lowest BCUT2D eigenvalue weighted by Crippen LogP contribution is -2.30. The Kier molecular flexibility index (Phi) is 6.97. The van der Waals surface area contributed by atoms with Gasteiger partial charge in [0, 0.05) is 24.1 Å². The molecule has 0 aliphatic rings. The van der Waals surface area contributed by atoms with Gasteiger partial charge in [0.1, 0.15) is 5.82 Å². The van der Waals surface area contributed by atoms with Gasteiger partial charge in [-0.15, -0.1) is 6.58 Å². The molecule has 0 bridgehead atoms. The number of hydrogen-bond acceptors (Lipinski definition) is 2. The van der Waals surface area contributed by atoms with Gasteiger partial charge in [-0.1, -0.05) is 18.2 Å². The third kappa shape index (κ3) is 6.49. The quantitative estimate of drug-likeness (QED) is 0.564. The minimum Gasteiger partial charge on any atom is -0.313 e. The topological polar surface area (TPSA) is 12.0 Å². The Morgan fingerprint density at radius 1 is 1.53 bits per heavy atom. The minimum atomic E-state index is -0.156. The van der Waals surface area contributed by atoms with Gasteiger partial charge >= 0.3 is 0 Å². The number of halogens is 1. The van der Waals surface area contributed by atoms with Crippen LogP contribution in [-0.4, -0.2) is 24.1 Å². The van der Waals surface area contributed by atoms with E-state index < -0.39 is 0 Å². The van der Waals surface area contributed by atoms with Crippen molar-refractivity contribution in [2.24, 2.45) is 0 Å². The van der Waals surface area contributed by atoms with Crippen LogP contribution in [0.3, 0.4) is 0 Å². The van der Waals surface area contributed by atoms with Gasteiger partial charge in [0.15, 0.2) is 0 Å². The largest absolute Gasteiger partial charge is 0.313 e. The molecular weight excluding hydrogens is 233 g/mol. The Balaban J connectivity index is 2.20. The average Bonchev–Trinajstić information content (AvgIpc) is 2.29. The second-order valence-corrected chi connectivity index (χ2v) is 5.20. The van der Waals surface area contributed by atoms with Crippen LogP contribution >= 0.6 is 11.8 Å². The van der Waals surface area contributed by atoms with Gasteiger partial charge in [-0.25, -0.2) is 4.39 Å². The SMILES string of the molecule is C=CCSCCNC(C)Cc1cccc(F)c1. The molecule has 0 radical (unpaired) electrons. The predicted molar refractivity (Wildman–Crippen MR) is 75.1 cm³/mol. The number of thioether (sulfide) groups is 1. The zero-order valence-corrected chi connectivity index (χ0v) is 11.1. The van der Waals surface area contributed by atoms with Crippen molar-refractivity contribution in [1.29, 1.82) is 0 Å². The van der Waals surface area contributed by atoms with Crippen molar-refractivity contribution >= 4 is 11.8 Å². The standard InChI is InChI=1S/C14H20FNS/c1-3-8-17-9-7-16-12(2)10-13-5-4-6-14(15)11-13/h3-6,11-12,16H,1,7-10H2,2H3. The summed E-state index contributed by atoms with van der Waals surface area (Å²) in [5, 5.41) is 3.43. The van der Waals surface area contributed by atoms with E-state index in [4.69, 9.17) is 0 Å². The molecule has 0 fully saturated rings. The highest BCUT2D eigenvalue weighted by Gasteiger charge is 2.03. The molecule has 94 valence electrons. The zero-order valence-electron chi connectivity index (χ0n) is 10.3. The first-order valence-electron chi connectivity index (χ1n) is 5.89. The lowest BCUT2D eigenvalue weighted by molar-refractivity contribution is 0.564. The summed E-state index contributed by atoms with van der Waals surface area (Å²) in [6.07, 6.45) is 2.78. The molecule has 1 unspecified atom stereocenters. The molecule has 17 heavy (non-hydrogen) atoms. The van der Waals surface area contributed by atoms with E-state index in [1.807, 2.05) is 23.9 Å². The first-order chi connectivity index (χ1) is 8.22. The van der Waals surface area contributed by atoms with Crippen molar-refractivity contribution < 1.29 is 4.39 Å². The number of hydrogen-bond donors (Lipinski definition) is 1. The Hall–Kier alpha value is -0.800. The van der Waals surface area contributed by atoms with Crippen molar-refractivity contribution in [3.8, 4) is 0 Å². The number of nitrogens with one attached hydrogen (secondary N) is 1. The van der Waals surface area contributed by atoms with Gasteiger partial charge in [-0.2, -0.15) is 11.8 Å². The predicted octanol–water partition coefficient (Wildman–Crippen LogP) is 3.27. The van der Waals surface area contributed by atoms with E-state index in [9.17, 15) is 4.39 Å². The van der Waals surface area contributed by atoms with E-state index >= 15 is 0 Å². The Morgan fingerprint density at radius 3 is 3.06 bits per heavy atom. The van der Waals surface area contributed by atoms with Crippen LogP contribution in [0.2, 0.25) is 0 Å². The third-order valence-corrected chi connectivity index (χ3v) is 3.37. The van der Waals surface area contributed by atoms with Crippen LogP contribution < -0.4 is 5.32 Å². The number of rotatable bonds is 8. The zero-order chi connectivity index (χ0) is 12.5. The normalized spacial score (nSPS) is 12.4. The second kappa shape index (κ2) is 8.31. The maximum atomic E-state index is 13.0. The minimum absolute atomic E-state index is 0.156. The summed E-state index contributed by atoms with van der Waals surface area (Å²) < 4.78 is 13.0. The molecule has 0 aliphatic carbocycles. The Labute approximate surface area is 107 Å². The first kappa shape index (κ1) is 14.3. The Bertz CT molecular complexity index is 341. The van der Waals surface area contributed by atoms with E-state index in [1.165, 1.54) is 6.07 Å². The van der Waals surface area contributed by atoms with E-state index in [0.717, 1.165) is 30.0 Å². The molecule has 3 heteroatoms. The lowest BCUT2D eigenvalue weighted by Gasteiger charge is -2.13. The van der Waals surface area contributed by atoms with Gasteiger partial charge in [0.2, 0.25) is 0 Å². The molecule has 0 heterocycles. The first-order valence-corrected chi connectivity index (χ1v) is 7.04. The molecule has 1 aromatic carbocycles. The summed E-state index contributed by atoms with van der Waals surface area (Å²) in [5.41, 5.74) is 1.05. The Morgan fingerprint density at radius 2 is 2.35 bits per heavy atom. The van der Waals surface area contributed by atoms with Crippen LogP contribution in [0.25, 0.3) is 0 Å². The molecule has 0 aromatic heterocycles. The molecule has 0 saturated carbocycles. The molecule has 1 N–H and O–H groups in total. The molecule has 1 aromatic rings. The monoisotopic (exact) mass is 253 g/mol. The van der Waals surface area contributed by atoms with Gasteiger partial charge in [-0.3, -0.25) is 0 Å². The number of benzene rings is 1. The van der Waals surface area contributed by atoms with Crippen molar-refractivity contribution in [3.63, 3.8) is 0 Å². The molecule has 1 atom stereocenters. The molecule has 1 nitrogen and oxygen atoms in total. The lowest BCUT2D eigenvalue weighted by atomic mass is 10.1. The van der Waals surface area contributed by atoms with E-state index in [1.54, 1.807) is 12.1 Å². The molecule has 0 saturated heterocycles. The van der Waals surface area contributed by atoms with Crippen LogP contribution in [0.5, 0.6) is 0 Å². The van der Waals surface area contributed by atoms with Gasteiger partial charge in [0.25, 0.3) is 0 Å². The second-order valence-electron chi connectivity index (χ2n) is 4.05. The van der Waals surface area contributed by atoms with Crippen LogP contribution in [0.4, 0.5) is 4.39 Å². The summed E-state index contributed by atoms with van der Waals surface area (Å²) in [5.74, 6) is 1.93. The molecular formula is C14H20FNS. The van der Waals surface area contributed by atoms with E-state index in [2.05, 4.69) is 18.8 Å². The maximum Gasteiger partial charge on any atom is 0.123 e. The smallest absolute Gasteiger partial charge is 0.123 e. The summed E-state index contributed by atoms with van der Waals surface area (Å²) in [6.45, 7) is 6.79. The van der Waals surface area contributed by atoms with Gasteiger partial charge < -0.3 is 5.32 Å². The fourth-order valence-corrected chi connectivity index (χ4v) is 2.23. The molecule has 0 amide bonds. The van der Waals surface area contributed by atoms with Crippen molar-refractivity contribution in [3.05, 3.63) is 48.3 Å². The van der Waals surface area contributed by atoms with Crippen LogP contribution in [0.1, 0.15) is 12.5 Å². The van der Waals surface area contributed by atoms with Crippen LogP contribution in [0, 0.1) is 5.82 Å². The molecule has 0 aliphatic heterocycles. The van der Waals surface area contributed by atoms with E-state index in [0.29, 0.717) is 6.04 Å². The summed E-state index contributed by atoms with van der Waals surface area (Å²) in [6, 6.07) is 7.18. The summed E-state index contributed by atoms with van der Waals surface area (Å²) in [7, 11) is 0. The van der Waals surface area contributed by atoms with Crippen LogP contribution in [0.15, 0.2) is 36.9 Å². The van der Waals surface area contributed by atoms with Crippen molar-refractivity contribution in [2.75, 3.05) is 18.1 Å². The maximum absolute atomic E-state index is 13.0. The average molecular weight is 253 g/mol. The fraction of sp³-hybridized carbons (Fsp3) is 0.429. The van der Waals surface area contributed by atoms with Crippen molar-refractivity contribution in [1.82, 2.24) is 5.32 Å². The molecule has 1 rings (SSSR count). The summed E-state index contributed by atoms with van der Waals surface area (Å²) in [4.78, 5) is 0.